The monoisotopic (exact) mass is 355 g/mol. The number of hydrogen-bond acceptors (Lipinski definition) is 4. The van der Waals surface area contributed by atoms with Gasteiger partial charge in [-0.1, -0.05) is 24.4 Å². The summed E-state index contributed by atoms with van der Waals surface area (Å²) in [5, 5.41) is 2.20. The molecule has 2 heterocycles. The van der Waals surface area contributed by atoms with Gasteiger partial charge in [-0.3, -0.25) is 4.79 Å². The van der Waals surface area contributed by atoms with Crippen molar-refractivity contribution in [3.63, 3.8) is 0 Å². The summed E-state index contributed by atoms with van der Waals surface area (Å²) < 4.78 is 43.8. The van der Waals surface area contributed by atoms with Crippen LogP contribution in [0, 0.1) is 0 Å². The minimum atomic E-state index is -4.41. The molecule has 0 atom stereocenters. The molecule has 1 amide bonds. The van der Waals surface area contributed by atoms with E-state index in [2.05, 4.69) is 5.32 Å². The lowest BCUT2D eigenvalue weighted by Crippen LogP contribution is -2.15. The second kappa shape index (κ2) is 5.86. The largest absolute Gasteiger partial charge is 0.457 e. The average molecular weight is 355 g/mol. The van der Waals surface area contributed by atoms with Gasteiger partial charge < -0.3 is 9.73 Å². The van der Waals surface area contributed by atoms with E-state index in [0.717, 1.165) is 23.9 Å². The van der Waals surface area contributed by atoms with Crippen molar-refractivity contribution in [2.45, 2.75) is 6.18 Å². The number of carbonyl (C=O) groups excluding carboxylic acids is 1. The standard InChI is InChI=1S/C15H8F3NO2S2/c16-15(17,18)9-3-1-2-8(6-9)11-5-4-10(21-11)7-12-13(22)19-14(20)23-12/h1-7H,(H,19,20,22)/b12-7+. The number of halogens is 3. The summed E-state index contributed by atoms with van der Waals surface area (Å²) in [6.07, 6.45) is -2.84. The number of rotatable bonds is 2. The van der Waals surface area contributed by atoms with Gasteiger partial charge in [0.1, 0.15) is 16.5 Å². The van der Waals surface area contributed by atoms with Crippen LogP contribution in [0.15, 0.2) is 45.7 Å². The lowest BCUT2D eigenvalue weighted by atomic mass is 10.1. The minimum absolute atomic E-state index is 0.272. The van der Waals surface area contributed by atoms with Gasteiger partial charge in [0.15, 0.2) is 0 Å². The third-order valence-electron chi connectivity index (χ3n) is 3.02. The van der Waals surface area contributed by atoms with Gasteiger partial charge in [-0.25, -0.2) is 0 Å². The molecule has 0 unspecified atom stereocenters. The Labute approximate surface area is 138 Å². The van der Waals surface area contributed by atoms with Crippen molar-refractivity contribution in [2.24, 2.45) is 0 Å². The van der Waals surface area contributed by atoms with Gasteiger partial charge in [0, 0.05) is 5.56 Å². The van der Waals surface area contributed by atoms with Crippen molar-refractivity contribution in [2.75, 3.05) is 0 Å². The van der Waals surface area contributed by atoms with E-state index in [-0.39, 0.29) is 5.24 Å². The molecule has 1 aromatic carbocycles. The molecule has 1 aliphatic rings. The number of benzene rings is 1. The zero-order valence-corrected chi connectivity index (χ0v) is 12.9. The average Bonchev–Trinajstić information content (AvgIpc) is 3.06. The molecule has 1 saturated heterocycles. The van der Waals surface area contributed by atoms with Crippen molar-refractivity contribution >= 4 is 40.3 Å². The summed E-state index contributed by atoms with van der Waals surface area (Å²) in [5.41, 5.74) is -0.422. The first-order valence-electron chi connectivity index (χ1n) is 6.35. The van der Waals surface area contributed by atoms with Gasteiger partial charge >= 0.3 is 6.18 Å². The summed E-state index contributed by atoms with van der Waals surface area (Å²) in [4.78, 5) is 12.0. The lowest BCUT2D eigenvalue weighted by molar-refractivity contribution is -0.137. The van der Waals surface area contributed by atoms with Crippen LogP contribution in [0.3, 0.4) is 0 Å². The molecule has 0 aliphatic carbocycles. The number of thiocarbonyl (C=S) groups is 1. The van der Waals surface area contributed by atoms with Crippen molar-refractivity contribution < 1.29 is 22.4 Å². The Kier molecular flexibility index (Phi) is 4.03. The first-order valence-corrected chi connectivity index (χ1v) is 7.58. The number of nitrogens with one attached hydrogen (secondary N) is 1. The van der Waals surface area contributed by atoms with E-state index in [1.807, 2.05) is 0 Å². The third-order valence-corrected chi connectivity index (χ3v) is 4.30. The van der Waals surface area contributed by atoms with Crippen molar-refractivity contribution in [3.05, 3.63) is 52.6 Å². The molecule has 2 aromatic rings. The Morgan fingerprint density at radius 2 is 2.00 bits per heavy atom. The highest BCUT2D eigenvalue weighted by atomic mass is 32.2. The molecule has 1 aromatic heterocycles. The Hall–Kier alpha value is -2.06. The van der Waals surface area contributed by atoms with E-state index in [9.17, 15) is 18.0 Å². The van der Waals surface area contributed by atoms with Gasteiger partial charge in [0.2, 0.25) is 0 Å². The van der Waals surface area contributed by atoms with Crippen LogP contribution < -0.4 is 5.32 Å². The zero-order valence-electron chi connectivity index (χ0n) is 11.3. The van der Waals surface area contributed by atoms with Gasteiger partial charge in [-0.2, -0.15) is 13.2 Å². The predicted octanol–water partition coefficient (Wildman–Crippen LogP) is 5.09. The fraction of sp³-hybridized carbons (Fsp3) is 0.0667. The number of thioether (sulfide) groups is 1. The molecule has 118 valence electrons. The molecule has 8 heteroatoms. The van der Waals surface area contributed by atoms with Crippen molar-refractivity contribution in [1.82, 2.24) is 5.32 Å². The van der Waals surface area contributed by atoms with Crippen molar-refractivity contribution in [3.8, 4) is 11.3 Å². The summed E-state index contributed by atoms with van der Waals surface area (Å²) >= 11 is 5.93. The fourth-order valence-electron chi connectivity index (χ4n) is 1.98. The predicted molar refractivity (Wildman–Crippen MR) is 85.8 cm³/mol. The van der Waals surface area contributed by atoms with E-state index in [0.29, 0.717) is 27.0 Å². The second-order valence-corrected chi connectivity index (χ2v) is 6.06. The molecular formula is C15H8F3NO2S2. The fourth-order valence-corrected chi connectivity index (χ4v) is 3.00. The number of amides is 1. The maximum Gasteiger partial charge on any atom is 0.416 e. The molecule has 0 saturated carbocycles. The zero-order chi connectivity index (χ0) is 16.6. The number of alkyl halides is 3. The SMILES string of the molecule is O=C1NC(=S)/C(=C\c2ccc(-c3cccc(C(F)(F)F)c3)o2)S1. The van der Waals surface area contributed by atoms with Gasteiger partial charge in [-0.05, 0) is 42.1 Å². The maximum atomic E-state index is 12.7. The van der Waals surface area contributed by atoms with E-state index in [1.54, 1.807) is 18.2 Å². The second-order valence-electron chi connectivity index (χ2n) is 4.63. The van der Waals surface area contributed by atoms with Crippen LogP contribution in [-0.4, -0.2) is 10.2 Å². The first-order chi connectivity index (χ1) is 10.8. The Bertz CT molecular complexity index is 824. The van der Waals surface area contributed by atoms with Crippen LogP contribution in [0.25, 0.3) is 17.4 Å². The highest BCUT2D eigenvalue weighted by Gasteiger charge is 2.30. The smallest absolute Gasteiger partial charge is 0.416 e. The molecular weight excluding hydrogens is 347 g/mol. The summed E-state index contributed by atoms with van der Waals surface area (Å²) in [6, 6.07) is 8.05. The lowest BCUT2D eigenvalue weighted by Gasteiger charge is -2.07. The maximum absolute atomic E-state index is 12.7. The van der Waals surface area contributed by atoms with Crippen LogP contribution in [0.5, 0.6) is 0 Å². The molecule has 1 N–H and O–H groups in total. The highest BCUT2D eigenvalue weighted by molar-refractivity contribution is 8.19. The number of furan rings is 1. The summed E-state index contributed by atoms with van der Waals surface area (Å²) in [6.45, 7) is 0. The Morgan fingerprint density at radius 1 is 1.22 bits per heavy atom. The van der Waals surface area contributed by atoms with Crippen LogP contribution in [0.1, 0.15) is 11.3 Å². The quantitative estimate of drug-likeness (QED) is 0.602. The van der Waals surface area contributed by atoms with Crippen LogP contribution in [0.4, 0.5) is 18.0 Å². The van der Waals surface area contributed by atoms with Crippen LogP contribution in [0.2, 0.25) is 0 Å². The van der Waals surface area contributed by atoms with Crippen molar-refractivity contribution in [1.29, 1.82) is 0 Å². The third kappa shape index (κ3) is 3.48. The summed E-state index contributed by atoms with van der Waals surface area (Å²) in [7, 11) is 0. The molecule has 1 aliphatic heterocycles. The Balaban J connectivity index is 1.90. The summed E-state index contributed by atoms with van der Waals surface area (Å²) in [5.74, 6) is 0.704. The molecule has 23 heavy (non-hydrogen) atoms. The minimum Gasteiger partial charge on any atom is -0.457 e. The normalized spacial score (nSPS) is 16.9. The Morgan fingerprint density at radius 3 is 2.65 bits per heavy atom. The van der Waals surface area contributed by atoms with Gasteiger partial charge in [0.25, 0.3) is 5.24 Å². The van der Waals surface area contributed by atoms with Gasteiger partial charge in [-0.15, -0.1) is 0 Å². The van der Waals surface area contributed by atoms with Gasteiger partial charge in [0.05, 0.1) is 10.5 Å². The van der Waals surface area contributed by atoms with Crippen LogP contribution in [-0.2, 0) is 6.18 Å². The molecule has 3 rings (SSSR count). The number of carbonyl (C=O) groups is 1. The van der Waals surface area contributed by atoms with E-state index in [4.69, 9.17) is 16.6 Å². The first kappa shape index (κ1) is 15.8. The van der Waals surface area contributed by atoms with Crippen LogP contribution >= 0.6 is 24.0 Å². The molecule has 0 radical (unpaired) electrons. The van der Waals surface area contributed by atoms with E-state index in [1.165, 1.54) is 12.1 Å². The molecule has 0 spiro atoms. The topological polar surface area (TPSA) is 42.2 Å². The van der Waals surface area contributed by atoms with E-state index >= 15 is 0 Å². The molecule has 1 fully saturated rings. The molecule has 3 nitrogen and oxygen atoms in total. The number of hydrogen-bond donors (Lipinski definition) is 1. The van der Waals surface area contributed by atoms with E-state index < -0.39 is 11.7 Å². The highest BCUT2D eigenvalue weighted by Crippen LogP contribution is 2.33. The molecule has 0 bridgehead atoms.